The topological polar surface area (TPSA) is 36.0 Å². The molecule has 0 aromatic rings. The van der Waals surface area contributed by atoms with Gasteiger partial charge in [0.15, 0.2) is 0 Å². The normalized spacial score (nSPS) is 20.1. The summed E-state index contributed by atoms with van der Waals surface area (Å²) in [6.07, 6.45) is 0. The van der Waals surface area contributed by atoms with E-state index in [1.807, 2.05) is 0 Å². The summed E-state index contributed by atoms with van der Waals surface area (Å²) >= 11 is 3.37. The maximum Gasteiger partial charge on any atom is 0.320 e. The molecule has 5 nitrogen and oxygen atoms in total. The van der Waals surface area contributed by atoms with Crippen LogP contribution in [0.2, 0.25) is 0 Å². The number of hydrogen-bond acceptors (Lipinski definition) is 5. The molecule has 1 fully saturated rings. The summed E-state index contributed by atoms with van der Waals surface area (Å²) < 4.78 is 4.71. The Bertz CT molecular complexity index is 256. The van der Waals surface area contributed by atoms with Crippen molar-refractivity contribution < 1.29 is 9.53 Å². The van der Waals surface area contributed by atoms with Crippen molar-refractivity contribution in [3.05, 3.63) is 0 Å². The fourth-order valence-electron chi connectivity index (χ4n) is 1.97. The van der Waals surface area contributed by atoms with Crippen molar-refractivity contribution in [2.45, 2.75) is 4.83 Å². The van der Waals surface area contributed by atoms with E-state index in [0.29, 0.717) is 0 Å². The number of carbonyl (C=O) groups is 1. The van der Waals surface area contributed by atoms with E-state index in [2.05, 4.69) is 44.7 Å². The molecule has 1 saturated heterocycles. The first-order valence-electron chi connectivity index (χ1n) is 6.34. The van der Waals surface area contributed by atoms with Crippen LogP contribution in [0.25, 0.3) is 0 Å². The van der Waals surface area contributed by atoms with E-state index in [0.717, 1.165) is 45.8 Å². The smallest absolute Gasteiger partial charge is 0.320 e. The number of alkyl halides is 1. The van der Waals surface area contributed by atoms with E-state index in [9.17, 15) is 4.79 Å². The Hall–Kier alpha value is -0.170. The van der Waals surface area contributed by atoms with Gasteiger partial charge in [-0.05, 0) is 14.1 Å². The van der Waals surface area contributed by atoms with Gasteiger partial charge in [0.2, 0.25) is 0 Å². The van der Waals surface area contributed by atoms with Crippen LogP contribution in [0.15, 0.2) is 0 Å². The highest BCUT2D eigenvalue weighted by Crippen LogP contribution is 2.08. The van der Waals surface area contributed by atoms with Crippen molar-refractivity contribution in [1.29, 1.82) is 0 Å². The molecular formula is C12H24BrN3O2. The van der Waals surface area contributed by atoms with Gasteiger partial charge >= 0.3 is 5.97 Å². The Morgan fingerprint density at radius 2 is 1.83 bits per heavy atom. The van der Waals surface area contributed by atoms with Gasteiger partial charge in [0.25, 0.3) is 0 Å². The number of likely N-dealkylation sites (N-methyl/N-ethyl adjacent to an activating group) is 1. The first kappa shape index (κ1) is 15.9. The van der Waals surface area contributed by atoms with Crippen LogP contribution in [0.4, 0.5) is 0 Å². The quantitative estimate of drug-likeness (QED) is 0.512. The third-order valence-electron chi connectivity index (χ3n) is 3.20. The molecule has 0 aromatic heterocycles. The van der Waals surface area contributed by atoms with Crippen molar-refractivity contribution in [2.75, 3.05) is 67.0 Å². The van der Waals surface area contributed by atoms with Gasteiger partial charge in [-0.2, -0.15) is 0 Å². The zero-order valence-electron chi connectivity index (χ0n) is 11.6. The first-order chi connectivity index (χ1) is 8.52. The number of rotatable bonds is 6. The zero-order chi connectivity index (χ0) is 13.5. The van der Waals surface area contributed by atoms with Crippen LogP contribution < -0.4 is 0 Å². The highest BCUT2D eigenvalue weighted by atomic mass is 79.9. The Morgan fingerprint density at radius 3 is 2.33 bits per heavy atom. The highest BCUT2D eigenvalue weighted by Gasteiger charge is 2.22. The predicted molar refractivity (Wildman–Crippen MR) is 76.2 cm³/mol. The number of nitrogens with zero attached hydrogens (tertiary/aromatic N) is 3. The van der Waals surface area contributed by atoms with Crippen LogP contribution in [0.5, 0.6) is 0 Å². The van der Waals surface area contributed by atoms with Gasteiger partial charge in [-0.1, -0.05) is 15.9 Å². The lowest BCUT2D eigenvalue weighted by Gasteiger charge is -2.35. The molecular weight excluding hydrogens is 298 g/mol. The van der Waals surface area contributed by atoms with Gasteiger partial charge in [0.1, 0.15) is 4.83 Å². The Morgan fingerprint density at radius 1 is 1.28 bits per heavy atom. The second-order valence-corrected chi connectivity index (χ2v) is 6.04. The monoisotopic (exact) mass is 321 g/mol. The first-order valence-corrected chi connectivity index (χ1v) is 7.26. The standard InChI is InChI=1S/C12H24BrN3O2/c1-14(2)4-5-15-6-8-16(9-7-15)10-11(13)12(17)18-3/h11H,4-10H2,1-3H3. The SMILES string of the molecule is COC(=O)C(Br)CN1CCN(CCN(C)C)CC1. The molecule has 0 saturated carbocycles. The van der Waals surface area contributed by atoms with E-state index in [1.165, 1.54) is 7.11 Å². The van der Waals surface area contributed by atoms with Gasteiger partial charge in [0, 0.05) is 45.8 Å². The lowest BCUT2D eigenvalue weighted by Crippen LogP contribution is -2.50. The van der Waals surface area contributed by atoms with Gasteiger partial charge in [0.05, 0.1) is 7.11 Å². The van der Waals surface area contributed by atoms with E-state index in [4.69, 9.17) is 4.74 Å². The number of hydrogen-bond donors (Lipinski definition) is 0. The third-order valence-corrected chi connectivity index (χ3v) is 3.87. The minimum Gasteiger partial charge on any atom is -0.468 e. The number of methoxy groups -OCH3 is 1. The molecule has 1 aliphatic rings. The number of esters is 1. The summed E-state index contributed by atoms with van der Waals surface area (Å²) in [5.41, 5.74) is 0. The van der Waals surface area contributed by atoms with Crippen molar-refractivity contribution in [3.8, 4) is 0 Å². The highest BCUT2D eigenvalue weighted by molar-refractivity contribution is 9.10. The molecule has 1 atom stereocenters. The molecule has 6 heteroatoms. The van der Waals surface area contributed by atoms with E-state index in [1.54, 1.807) is 0 Å². The molecule has 0 spiro atoms. The summed E-state index contributed by atoms with van der Waals surface area (Å²) in [6.45, 7) is 7.15. The fraction of sp³-hybridized carbons (Fsp3) is 0.917. The number of carbonyl (C=O) groups excluding carboxylic acids is 1. The molecule has 0 radical (unpaired) electrons. The molecule has 18 heavy (non-hydrogen) atoms. The number of piperazine rings is 1. The molecule has 0 amide bonds. The molecule has 0 aromatic carbocycles. The van der Waals surface area contributed by atoms with Crippen molar-refractivity contribution in [2.24, 2.45) is 0 Å². The van der Waals surface area contributed by atoms with Crippen molar-refractivity contribution in [3.63, 3.8) is 0 Å². The largest absolute Gasteiger partial charge is 0.468 e. The van der Waals surface area contributed by atoms with Gasteiger partial charge in [-0.3, -0.25) is 14.6 Å². The molecule has 1 rings (SSSR count). The van der Waals surface area contributed by atoms with Crippen LogP contribution in [-0.4, -0.2) is 92.5 Å². The third kappa shape index (κ3) is 5.65. The van der Waals surface area contributed by atoms with Crippen molar-refractivity contribution in [1.82, 2.24) is 14.7 Å². The summed E-state index contributed by atoms with van der Waals surface area (Å²) in [5, 5.41) is 0. The van der Waals surface area contributed by atoms with Crippen LogP contribution in [-0.2, 0) is 9.53 Å². The van der Waals surface area contributed by atoms with Crippen LogP contribution >= 0.6 is 15.9 Å². The van der Waals surface area contributed by atoms with E-state index >= 15 is 0 Å². The number of ether oxygens (including phenoxy) is 1. The van der Waals surface area contributed by atoms with Crippen LogP contribution in [0.3, 0.4) is 0 Å². The summed E-state index contributed by atoms with van der Waals surface area (Å²) in [7, 11) is 5.62. The minimum atomic E-state index is -0.212. The molecule has 0 aliphatic carbocycles. The second kappa shape index (κ2) is 8.09. The molecule has 1 aliphatic heterocycles. The van der Waals surface area contributed by atoms with Gasteiger partial charge in [-0.25, -0.2) is 0 Å². The lowest BCUT2D eigenvalue weighted by atomic mass is 10.3. The predicted octanol–water partition coefficient (Wildman–Crippen LogP) is 0.102. The van der Waals surface area contributed by atoms with Crippen LogP contribution in [0, 0.1) is 0 Å². The molecule has 0 bridgehead atoms. The zero-order valence-corrected chi connectivity index (χ0v) is 13.1. The Balaban J connectivity index is 2.21. The molecule has 1 unspecified atom stereocenters. The van der Waals surface area contributed by atoms with Gasteiger partial charge < -0.3 is 9.64 Å². The molecule has 106 valence electrons. The minimum absolute atomic E-state index is 0.190. The maximum atomic E-state index is 11.3. The number of halogens is 1. The maximum absolute atomic E-state index is 11.3. The molecule has 0 N–H and O–H groups in total. The van der Waals surface area contributed by atoms with Crippen molar-refractivity contribution >= 4 is 21.9 Å². The van der Waals surface area contributed by atoms with E-state index in [-0.39, 0.29) is 10.8 Å². The molecule has 1 heterocycles. The second-order valence-electron chi connectivity index (χ2n) is 4.94. The average molecular weight is 322 g/mol. The summed E-state index contributed by atoms with van der Waals surface area (Å²) in [5.74, 6) is -0.190. The van der Waals surface area contributed by atoms with E-state index < -0.39 is 0 Å². The Kier molecular flexibility index (Phi) is 7.14. The average Bonchev–Trinajstić information content (AvgIpc) is 2.36. The Labute approximate surface area is 118 Å². The summed E-state index contributed by atoms with van der Waals surface area (Å²) in [4.78, 5) is 18.1. The van der Waals surface area contributed by atoms with Crippen LogP contribution in [0.1, 0.15) is 0 Å². The lowest BCUT2D eigenvalue weighted by molar-refractivity contribution is -0.140. The van der Waals surface area contributed by atoms with Gasteiger partial charge in [-0.15, -0.1) is 0 Å². The summed E-state index contributed by atoms with van der Waals surface area (Å²) in [6, 6.07) is 0. The fourth-order valence-corrected chi connectivity index (χ4v) is 2.56.